The average Bonchev–Trinajstić information content (AvgIpc) is 3.44. The molecule has 0 saturated carbocycles. The smallest absolute Gasteiger partial charge is 0.435 e. The number of fused-ring (bicyclic) bond motifs is 1. The molecule has 5 rings (SSSR count). The topological polar surface area (TPSA) is 65.2 Å². The first kappa shape index (κ1) is 21.7. The van der Waals surface area contributed by atoms with Crippen molar-refractivity contribution in [3.8, 4) is 17.1 Å². The van der Waals surface area contributed by atoms with E-state index in [2.05, 4.69) is 17.0 Å². The van der Waals surface area contributed by atoms with Crippen LogP contribution in [0.4, 0.5) is 18.9 Å². The summed E-state index contributed by atoms with van der Waals surface area (Å²) in [6.45, 7) is 3.96. The number of hydrogen-bond acceptors (Lipinski definition) is 4. The summed E-state index contributed by atoms with van der Waals surface area (Å²) in [6.07, 6.45) is -1.26. The van der Waals surface area contributed by atoms with Gasteiger partial charge in [0.15, 0.2) is 5.69 Å². The van der Waals surface area contributed by atoms with Crippen LogP contribution >= 0.6 is 0 Å². The van der Waals surface area contributed by atoms with Crippen molar-refractivity contribution in [3.63, 3.8) is 0 Å². The van der Waals surface area contributed by atoms with Crippen LogP contribution in [0.3, 0.4) is 0 Å². The van der Waals surface area contributed by atoms with Gasteiger partial charge in [0.05, 0.1) is 12.8 Å². The van der Waals surface area contributed by atoms with Crippen LogP contribution in [0.2, 0.25) is 0 Å². The minimum absolute atomic E-state index is 0.0262. The SMILES string of the molecule is [CH2]c1nccn1-c1ccc(N2CCc3c(C(F)(F)F)nn(-c4ccc(OC)cc4)c3C2=O)cc1. The van der Waals surface area contributed by atoms with Crippen molar-refractivity contribution in [1.82, 2.24) is 19.3 Å². The van der Waals surface area contributed by atoms with E-state index in [9.17, 15) is 18.0 Å². The highest BCUT2D eigenvalue weighted by Crippen LogP contribution is 2.37. The van der Waals surface area contributed by atoms with Gasteiger partial charge >= 0.3 is 6.18 Å². The molecule has 34 heavy (non-hydrogen) atoms. The number of ether oxygens (including phenoxy) is 1. The lowest BCUT2D eigenvalue weighted by Crippen LogP contribution is -2.39. The summed E-state index contributed by atoms with van der Waals surface area (Å²) in [7, 11) is 1.49. The van der Waals surface area contributed by atoms with E-state index in [0.29, 0.717) is 22.9 Å². The molecule has 3 heterocycles. The Morgan fingerprint density at radius 2 is 1.65 bits per heavy atom. The van der Waals surface area contributed by atoms with Gasteiger partial charge in [-0.2, -0.15) is 18.3 Å². The van der Waals surface area contributed by atoms with Crippen LogP contribution in [0.1, 0.15) is 27.6 Å². The van der Waals surface area contributed by atoms with Gasteiger partial charge in [0.1, 0.15) is 17.3 Å². The highest BCUT2D eigenvalue weighted by atomic mass is 19.4. The summed E-state index contributed by atoms with van der Waals surface area (Å²) >= 11 is 0. The molecule has 0 saturated heterocycles. The molecule has 10 heteroatoms. The Morgan fingerprint density at radius 3 is 2.24 bits per heavy atom. The molecule has 1 aliphatic heterocycles. The molecule has 1 aliphatic rings. The number of carbonyl (C=O) groups excluding carboxylic acids is 1. The number of carbonyl (C=O) groups is 1. The first-order valence-electron chi connectivity index (χ1n) is 10.4. The van der Waals surface area contributed by atoms with Gasteiger partial charge in [-0.25, -0.2) is 9.67 Å². The van der Waals surface area contributed by atoms with E-state index >= 15 is 0 Å². The highest BCUT2D eigenvalue weighted by molar-refractivity contribution is 6.07. The predicted octanol–water partition coefficient (Wildman–Crippen LogP) is 4.47. The molecule has 0 bridgehead atoms. The van der Waals surface area contributed by atoms with Crippen LogP contribution < -0.4 is 9.64 Å². The second kappa shape index (κ2) is 8.05. The fourth-order valence-electron chi connectivity index (χ4n) is 4.11. The lowest BCUT2D eigenvalue weighted by molar-refractivity contribution is -0.141. The molecule has 2 aromatic heterocycles. The molecule has 1 radical (unpaired) electrons. The third kappa shape index (κ3) is 3.60. The quantitative estimate of drug-likeness (QED) is 0.445. The number of imidazole rings is 1. The average molecular weight is 466 g/mol. The maximum atomic E-state index is 13.7. The standard InChI is InChI=1S/C24H19F3N5O2/c1-15-28-12-14-30(15)16-3-5-17(6-4-16)31-13-11-20-21(23(31)33)32(29-22(20)24(25,26)27)18-7-9-19(34-2)10-8-18/h3-10,12,14H,1,11,13H2,2H3. The lowest BCUT2D eigenvalue weighted by Gasteiger charge is -2.28. The zero-order valence-electron chi connectivity index (χ0n) is 18.1. The van der Waals surface area contributed by atoms with E-state index in [-0.39, 0.29) is 24.2 Å². The number of hydrogen-bond donors (Lipinski definition) is 0. The van der Waals surface area contributed by atoms with Gasteiger partial charge in [-0.15, -0.1) is 0 Å². The van der Waals surface area contributed by atoms with E-state index in [1.54, 1.807) is 65.5 Å². The molecule has 0 atom stereocenters. The van der Waals surface area contributed by atoms with E-state index in [4.69, 9.17) is 4.74 Å². The number of benzene rings is 2. The van der Waals surface area contributed by atoms with Crippen LogP contribution in [-0.2, 0) is 12.6 Å². The maximum absolute atomic E-state index is 13.7. The number of nitrogens with zero attached hydrogens (tertiary/aromatic N) is 5. The summed E-state index contributed by atoms with van der Waals surface area (Å²) < 4.78 is 49.2. The largest absolute Gasteiger partial charge is 0.497 e. The van der Waals surface area contributed by atoms with E-state index in [1.165, 1.54) is 12.0 Å². The number of rotatable bonds is 4. The van der Waals surface area contributed by atoms with Crippen molar-refractivity contribution in [2.75, 3.05) is 18.6 Å². The normalized spacial score (nSPS) is 13.8. The van der Waals surface area contributed by atoms with Gasteiger partial charge in [-0.05, 0) is 55.0 Å². The monoisotopic (exact) mass is 466 g/mol. The molecule has 0 aliphatic carbocycles. The van der Waals surface area contributed by atoms with Crippen molar-refractivity contribution in [1.29, 1.82) is 0 Å². The van der Waals surface area contributed by atoms with Gasteiger partial charge in [0.2, 0.25) is 0 Å². The van der Waals surface area contributed by atoms with Crippen LogP contribution in [-0.4, -0.2) is 38.9 Å². The van der Waals surface area contributed by atoms with Gasteiger partial charge < -0.3 is 14.2 Å². The molecule has 0 N–H and O–H groups in total. The third-order valence-electron chi connectivity index (χ3n) is 5.76. The number of amides is 1. The van der Waals surface area contributed by atoms with Crippen molar-refractivity contribution in [2.24, 2.45) is 0 Å². The third-order valence-corrected chi connectivity index (χ3v) is 5.76. The van der Waals surface area contributed by atoms with Crippen LogP contribution in [0.5, 0.6) is 5.75 Å². The summed E-state index contributed by atoms with van der Waals surface area (Å²) in [5, 5.41) is 3.81. The Hall–Kier alpha value is -4.08. The highest BCUT2D eigenvalue weighted by Gasteiger charge is 2.43. The number of anilines is 1. The van der Waals surface area contributed by atoms with E-state index in [0.717, 1.165) is 10.4 Å². The molecule has 7 nitrogen and oxygen atoms in total. The number of alkyl halides is 3. The zero-order chi connectivity index (χ0) is 24.0. The second-order valence-corrected chi connectivity index (χ2v) is 7.72. The van der Waals surface area contributed by atoms with Crippen molar-refractivity contribution in [3.05, 3.63) is 90.6 Å². The minimum atomic E-state index is -4.68. The molecular weight excluding hydrogens is 447 g/mol. The molecule has 0 spiro atoms. The van der Waals surface area contributed by atoms with Crippen LogP contribution in [0.15, 0.2) is 60.9 Å². The minimum Gasteiger partial charge on any atom is -0.497 e. The van der Waals surface area contributed by atoms with Gasteiger partial charge in [-0.1, -0.05) is 0 Å². The van der Waals surface area contributed by atoms with Crippen LogP contribution in [0, 0.1) is 6.92 Å². The summed E-state index contributed by atoms with van der Waals surface area (Å²) in [5.41, 5.74) is 0.481. The molecule has 173 valence electrons. The molecule has 2 aromatic carbocycles. The molecule has 1 amide bonds. The van der Waals surface area contributed by atoms with Gasteiger partial charge in [0, 0.05) is 42.8 Å². The van der Waals surface area contributed by atoms with E-state index in [1.807, 2.05) is 0 Å². The Labute approximate surface area is 193 Å². The number of halogens is 3. The first-order valence-corrected chi connectivity index (χ1v) is 10.4. The Kier molecular flexibility index (Phi) is 5.15. The Bertz CT molecular complexity index is 1360. The first-order chi connectivity index (χ1) is 16.3. The van der Waals surface area contributed by atoms with Crippen molar-refractivity contribution in [2.45, 2.75) is 12.6 Å². The number of methoxy groups -OCH3 is 1. The summed E-state index contributed by atoms with van der Waals surface area (Å²) in [6, 6.07) is 13.4. The maximum Gasteiger partial charge on any atom is 0.435 e. The lowest BCUT2D eigenvalue weighted by atomic mass is 10.0. The summed E-state index contributed by atoms with van der Waals surface area (Å²) in [4.78, 5) is 19.0. The Balaban J connectivity index is 1.55. The molecule has 4 aromatic rings. The fourth-order valence-corrected chi connectivity index (χ4v) is 4.11. The predicted molar refractivity (Wildman–Crippen MR) is 119 cm³/mol. The summed E-state index contributed by atoms with van der Waals surface area (Å²) in [5.74, 6) is 0.556. The van der Waals surface area contributed by atoms with E-state index < -0.39 is 17.8 Å². The van der Waals surface area contributed by atoms with Crippen molar-refractivity contribution < 1.29 is 22.7 Å². The molecule has 0 unspecified atom stereocenters. The van der Waals surface area contributed by atoms with Crippen molar-refractivity contribution >= 4 is 11.6 Å². The van der Waals surface area contributed by atoms with Gasteiger partial charge in [-0.3, -0.25) is 4.79 Å². The van der Waals surface area contributed by atoms with Crippen LogP contribution in [0.25, 0.3) is 11.4 Å². The Morgan fingerprint density at radius 1 is 1.00 bits per heavy atom. The number of aromatic nitrogens is 4. The fraction of sp³-hybridized carbons (Fsp3) is 0.167. The van der Waals surface area contributed by atoms with Gasteiger partial charge in [0.25, 0.3) is 5.91 Å². The zero-order valence-corrected chi connectivity index (χ0v) is 18.1. The second-order valence-electron chi connectivity index (χ2n) is 7.72. The molecular formula is C24H19F3N5O2. The molecule has 0 fully saturated rings.